The number of carboxylic acids is 1. The lowest BCUT2D eigenvalue weighted by atomic mass is 9.61. The van der Waals surface area contributed by atoms with Gasteiger partial charge < -0.3 is 15.2 Å². The number of alkyl carbamates (subject to hydrolysis) is 1. The Morgan fingerprint density at radius 2 is 1.62 bits per heavy atom. The molecule has 4 rings (SSSR count). The second kappa shape index (κ2) is 7.54. The molecule has 0 radical (unpaired) electrons. The van der Waals surface area contributed by atoms with E-state index in [1.54, 1.807) is 0 Å². The molecule has 0 aliphatic heterocycles. The molecule has 5 nitrogen and oxygen atoms in total. The molecular formula is C24H27NO4. The average Bonchev–Trinajstić information content (AvgIpc) is 2.97. The number of benzene rings is 2. The van der Waals surface area contributed by atoms with E-state index in [0.29, 0.717) is 0 Å². The summed E-state index contributed by atoms with van der Waals surface area (Å²) < 4.78 is 5.58. The molecule has 5 heteroatoms. The van der Waals surface area contributed by atoms with E-state index in [0.717, 1.165) is 24.0 Å². The van der Waals surface area contributed by atoms with Crippen LogP contribution in [-0.4, -0.2) is 29.8 Å². The van der Waals surface area contributed by atoms with Gasteiger partial charge in [-0.05, 0) is 46.4 Å². The highest BCUT2D eigenvalue weighted by molar-refractivity contribution is 5.79. The summed E-state index contributed by atoms with van der Waals surface area (Å²) in [5.74, 6) is -0.728. The molecule has 2 aliphatic rings. The number of hydrogen-bond acceptors (Lipinski definition) is 3. The van der Waals surface area contributed by atoms with Gasteiger partial charge >= 0.3 is 12.1 Å². The van der Waals surface area contributed by atoms with Crippen LogP contribution in [0.25, 0.3) is 11.1 Å². The maximum atomic E-state index is 12.5. The van der Waals surface area contributed by atoms with Crippen molar-refractivity contribution in [1.29, 1.82) is 0 Å². The van der Waals surface area contributed by atoms with Crippen LogP contribution in [0.3, 0.4) is 0 Å². The fourth-order valence-corrected chi connectivity index (χ4v) is 4.96. The van der Waals surface area contributed by atoms with Crippen molar-refractivity contribution < 1.29 is 19.4 Å². The molecule has 1 amide bonds. The van der Waals surface area contributed by atoms with Crippen LogP contribution in [0.4, 0.5) is 4.79 Å². The Kier molecular flexibility index (Phi) is 5.07. The van der Waals surface area contributed by atoms with Gasteiger partial charge in [0.1, 0.15) is 6.61 Å². The van der Waals surface area contributed by atoms with Gasteiger partial charge in [0.2, 0.25) is 0 Å². The van der Waals surface area contributed by atoms with Gasteiger partial charge in [-0.15, -0.1) is 0 Å². The van der Waals surface area contributed by atoms with Gasteiger partial charge in [-0.3, -0.25) is 4.79 Å². The predicted molar refractivity (Wildman–Crippen MR) is 111 cm³/mol. The van der Waals surface area contributed by atoms with Crippen molar-refractivity contribution in [2.45, 2.75) is 45.1 Å². The number of aliphatic carboxylic acids is 1. The fraction of sp³-hybridized carbons (Fsp3) is 0.417. The summed E-state index contributed by atoms with van der Waals surface area (Å²) in [6.07, 6.45) is 1.21. The zero-order valence-corrected chi connectivity index (χ0v) is 16.9. The molecule has 1 unspecified atom stereocenters. The molecule has 0 spiro atoms. The topological polar surface area (TPSA) is 75.6 Å². The number of amides is 1. The summed E-state index contributed by atoms with van der Waals surface area (Å²) in [4.78, 5) is 23.7. The number of ether oxygens (including phenoxy) is 1. The molecule has 2 aliphatic carbocycles. The van der Waals surface area contributed by atoms with Crippen LogP contribution in [-0.2, 0) is 9.53 Å². The molecular weight excluding hydrogens is 366 g/mol. The first-order valence-electron chi connectivity index (χ1n) is 10.2. The molecule has 1 atom stereocenters. The van der Waals surface area contributed by atoms with Gasteiger partial charge in [-0.2, -0.15) is 0 Å². The smallest absolute Gasteiger partial charge is 0.407 e. The maximum absolute atomic E-state index is 12.5. The lowest BCUT2D eigenvalue weighted by Crippen LogP contribution is -2.49. The molecule has 152 valence electrons. The van der Waals surface area contributed by atoms with Crippen LogP contribution in [0.15, 0.2) is 48.5 Å². The Balaban J connectivity index is 1.42. The first kappa shape index (κ1) is 19.5. The van der Waals surface area contributed by atoms with Crippen LogP contribution in [0.2, 0.25) is 0 Å². The van der Waals surface area contributed by atoms with E-state index < -0.39 is 18.1 Å². The Hall–Kier alpha value is -2.82. The van der Waals surface area contributed by atoms with Crippen LogP contribution in [0.1, 0.15) is 50.2 Å². The minimum absolute atomic E-state index is 0.00582. The number of nitrogens with one attached hydrogen (secondary N) is 1. The van der Waals surface area contributed by atoms with Crippen LogP contribution in [0.5, 0.6) is 0 Å². The summed E-state index contributed by atoms with van der Waals surface area (Å²) >= 11 is 0. The Morgan fingerprint density at radius 3 is 2.14 bits per heavy atom. The van der Waals surface area contributed by atoms with Crippen molar-refractivity contribution in [3.63, 3.8) is 0 Å². The molecule has 1 fully saturated rings. The van der Waals surface area contributed by atoms with Crippen LogP contribution < -0.4 is 5.32 Å². The van der Waals surface area contributed by atoms with Crippen LogP contribution >= 0.6 is 0 Å². The monoisotopic (exact) mass is 393 g/mol. The van der Waals surface area contributed by atoms with E-state index in [-0.39, 0.29) is 30.3 Å². The molecule has 2 aromatic rings. The third-order valence-corrected chi connectivity index (χ3v) is 6.24. The Morgan fingerprint density at radius 1 is 1.07 bits per heavy atom. The van der Waals surface area contributed by atoms with E-state index in [1.807, 2.05) is 24.3 Å². The van der Waals surface area contributed by atoms with E-state index >= 15 is 0 Å². The Labute approximate surface area is 171 Å². The second-order valence-corrected chi connectivity index (χ2v) is 9.01. The summed E-state index contributed by atoms with van der Waals surface area (Å²) in [7, 11) is 0. The lowest BCUT2D eigenvalue weighted by molar-refractivity contribution is -0.138. The third kappa shape index (κ3) is 4.00. The van der Waals surface area contributed by atoms with Crippen molar-refractivity contribution in [2.24, 2.45) is 11.3 Å². The summed E-state index contributed by atoms with van der Waals surface area (Å²) in [6, 6.07) is 16.0. The fourth-order valence-electron chi connectivity index (χ4n) is 4.96. The number of fused-ring (bicyclic) bond motifs is 3. The van der Waals surface area contributed by atoms with Gasteiger partial charge in [0.15, 0.2) is 0 Å². The van der Waals surface area contributed by atoms with Crippen molar-refractivity contribution in [3.8, 4) is 11.1 Å². The number of rotatable bonds is 6. The highest BCUT2D eigenvalue weighted by Gasteiger charge is 2.42. The molecule has 0 bridgehead atoms. The Bertz CT molecular complexity index is 882. The molecule has 0 heterocycles. The summed E-state index contributed by atoms with van der Waals surface area (Å²) in [5.41, 5.74) is 4.88. The van der Waals surface area contributed by atoms with Gasteiger partial charge in [0, 0.05) is 12.0 Å². The first-order valence-corrected chi connectivity index (χ1v) is 10.2. The zero-order chi connectivity index (χ0) is 20.6. The molecule has 2 aromatic carbocycles. The van der Waals surface area contributed by atoms with E-state index in [2.05, 4.69) is 43.4 Å². The highest BCUT2D eigenvalue weighted by Crippen LogP contribution is 2.47. The standard InChI is InChI=1S/C24H27NO4/c1-24(2)12-15(13-24)21(11-22(26)27)25-23(28)29-14-20-18-9-5-3-7-16(18)17-8-4-6-10-19(17)20/h3-10,15,20-21H,11-14H2,1-2H3,(H,25,28)(H,26,27). The molecule has 0 aromatic heterocycles. The largest absolute Gasteiger partial charge is 0.481 e. The van der Waals surface area contributed by atoms with E-state index in [9.17, 15) is 14.7 Å². The number of carboxylic acid groups (broad SMARTS) is 1. The normalized spacial score (nSPS) is 18.3. The quantitative estimate of drug-likeness (QED) is 0.739. The van der Waals surface area contributed by atoms with Crippen molar-refractivity contribution in [3.05, 3.63) is 59.7 Å². The van der Waals surface area contributed by atoms with Gasteiger partial charge in [-0.25, -0.2) is 4.79 Å². The van der Waals surface area contributed by atoms with Gasteiger partial charge in [-0.1, -0.05) is 62.4 Å². The summed E-state index contributed by atoms with van der Waals surface area (Å²) in [6.45, 7) is 4.55. The number of hydrogen-bond donors (Lipinski definition) is 2. The van der Waals surface area contributed by atoms with E-state index in [4.69, 9.17) is 4.74 Å². The molecule has 0 saturated heterocycles. The average molecular weight is 393 g/mol. The van der Waals surface area contributed by atoms with Crippen molar-refractivity contribution in [1.82, 2.24) is 5.32 Å². The molecule has 1 saturated carbocycles. The van der Waals surface area contributed by atoms with Gasteiger partial charge in [0.25, 0.3) is 0 Å². The highest BCUT2D eigenvalue weighted by atomic mass is 16.5. The first-order chi connectivity index (χ1) is 13.8. The maximum Gasteiger partial charge on any atom is 0.407 e. The van der Waals surface area contributed by atoms with E-state index in [1.165, 1.54) is 11.1 Å². The van der Waals surface area contributed by atoms with Gasteiger partial charge in [0.05, 0.1) is 6.42 Å². The van der Waals surface area contributed by atoms with Crippen LogP contribution in [0, 0.1) is 11.3 Å². The summed E-state index contributed by atoms with van der Waals surface area (Å²) in [5, 5.41) is 12.0. The third-order valence-electron chi connectivity index (χ3n) is 6.24. The number of carbonyl (C=O) groups is 2. The SMILES string of the molecule is CC1(C)CC(C(CC(=O)O)NC(=O)OCC2c3ccccc3-c3ccccc32)C1. The predicted octanol–water partition coefficient (Wildman–Crippen LogP) is 4.80. The van der Waals surface area contributed by atoms with Crippen molar-refractivity contribution >= 4 is 12.1 Å². The molecule has 29 heavy (non-hydrogen) atoms. The lowest BCUT2D eigenvalue weighted by Gasteiger charge is -2.46. The minimum atomic E-state index is -0.904. The minimum Gasteiger partial charge on any atom is -0.481 e. The second-order valence-electron chi connectivity index (χ2n) is 9.01. The molecule has 2 N–H and O–H groups in total. The number of carbonyl (C=O) groups excluding carboxylic acids is 1. The zero-order valence-electron chi connectivity index (χ0n) is 16.9. The van der Waals surface area contributed by atoms with Crippen molar-refractivity contribution in [2.75, 3.05) is 6.61 Å².